The predicted octanol–water partition coefficient (Wildman–Crippen LogP) is 4.79. The summed E-state index contributed by atoms with van der Waals surface area (Å²) in [6.07, 6.45) is 3.82. The van der Waals surface area contributed by atoms with Gasteiger partial charge in [0.1, 0.15) is 0 Å². The topological polar surface area (TPSA) is 3.24 Å². The van der Waals surface area contributed by atoms with Crippen molar-refractivity contribution in [3.63, 3.8) is 0 Å². The SMILES string of the molecule is Clc1ccc(CC2CCCN(Cc3ccccc3)C2)cc1. The lowest BCUT2D eigenvalue weighted by atomic mass is 9.91. The number of nitrogens with zero attached hydrogens (tertiary/aromatic N) is 1. The largest absolute Gasteiger partial charge is 0.299 e. The average Bonchev–Trinajstić information content (AvgIpc) is 2.51. The van der Waals surface area contributed by atoms with Gasteiger partial charge in [-0.25, -0.2) is 0 Å². The van der Waals surface area contributed by atoms with Crippen molar-refractivity contribution in [3.05, 3.63) is 70.7 Å². The van der Waals surface area contributed by atoms with Gasteiger partial charge in [-0.3, -0.25) is 4.90 Å². The number of rotatable bonds is 4. The zero-order chi connectivity index (χ0) is 14.5. The minimum atomic E-state index is 0.767. The van der Waals surface area contributed by atoms with E-state index in [0.29, 0.717) is 0 Å². The summed E-state index contributed by atoms with van der Waals surface area (Å²) in [5, 5.41) is 0.827. The molecular formula is C19H22ClN. The predicted molar refractivity (Wildman–Crippen MR) is 89.6 cm³/mol. The summed E-state index contributed by atoms with van der Waals surface area (Å²) in [5.74, 6) is 0.767. The molecule has 2 aromatic rings. The summed E-state index contributed by atoms with van der Waals surface area (Å²) in [6.45, 7) is 3.52. The van der Waals surface area contributed by atoms with Gasteiger partial charge in [-0.2, -0.15) is 0 Å². The Kier molecular flexibility index (Phi) is 4.95. The first kappa shape index (κ1) is 14.6. The highest BCUT2D eigenvalue weighted by Crippen LogP contribution is 2.23. The van der Waals surface area contributed by atoms with E-state index in [1.165, 1.54) is 43.5 Å². The monoisotopic (exact) mass is 299 g/mol. The van der Waals surface area contributed by atoms with E-state index in [4.69, 9.17) is 11.6 Å². The van der Waals surface area contributed by atoms with Gasteiger partial charge < -0.3 is 0 Å². The van der Waals surface area contributed by atoms with Crippen molar-refractivity contribution in [1.29, 1.82) is 0 Å². The van der Waals surface area contributed by atoms with Crippen LogP contribution in [0, 0.1) is 5.92 Å². The molecular weight excluding hydrogens is 278 g/mol. The van der Waals surface area contributed by atoms with Gasteiger partial charge in [-0.1, -0.05) is 54.1 Å². The fourth-order valence-electron chi connectivity index (χ4n) is 3.26. The molecule has 21 heavy (non-hydrogen) atoms. The number of piperidine rings is 1. The Morgan fingerprint density at radius 2 is 1.71 bits per heavy atom. The molecule has 2 aromatic carbocycles. The van der Waals surface area contributed by atoms with E-state index in [0.717, 1.165) is 17.5 Å². The summed E-state index contributed by atoms with van der Waals surface area (Å²) in [4.78, 5) is 2.60. The minimum absolute atomic E-state index is 0.767. The summed E-state index contributed by atoms with van der Waals surface area (Å²) in [5.41, 5.74) is 2.83. The molecule has 0 radical (unpaired) electrons. The molecule has 0 aromatic heterocycles. The first-order valence-electron chi connectivity index (χ1n) is 7.80. The third kappa shape index (κ3) is 4.33. The van der Waals surface area contributed by atoms with Gasteiger partial charge in [0.25, 0.3) is 0 Å². The number of hydrogen-bond donors (Lipinski definition) is 0. The maximum Gasteiger partial charge on any atom is 0.0406 e. The molecule has 0 N–H and O–H groups in total. The van der Waals surface area contributed by atoms with Gasteiger partial charge in [0.15, 0.2) is 0 Å². The molecule has 3 rings (SSSR count). The molecule has 1 nitrogen and oxygen atoms in total. The Bertz CT molecular complexity index is 550. The van der Waals surface area contributed by atoms with E-state index in [1.807, 2.05) is 12.1 Å². The second kappa shape index (κ2) is 7.11. The standard InChI is InChI=1S/C19H22ClN/c20-19-10-8-16(9-11-19)13-18-7-4-12-21(15-18)14-17-5-2-1-3-6-17/h1-3,5-6,8-11,18H,4,7,12-15H2. The Hall–Kier alpha value is -1.31. The maximum atomic E-state index is 5.96. The summed E-state index contributed by atoms with van der Waals surface area (Å²) < 4.78 is 0. The molecule has 0 spiro atoms. The van der Waals surface area contributed by atoms with Crippen LogP contribution >= 0.6 is 11.6 Å². The van der Waals surface area contributed by atoms with Crippen molar-refractivity contribution >= 4 is 11.6 Å². The quantitative estimate of drug-likeness (QED) is 0.784. The number of likely N-dealkylation sites (tertiary alicyclic amines) is 1. The van der Waals surface area contributed by atoms with Gasteiger partial charge in [0, 0.05) is 18.1 Å². The lowest BCUT2D eigenvalue weighted by Gasteiger charge is -2.33. The lowest BCUT2D eigenvalue weighted by molar-refractivity contribution is 0.167. The number of benzene rings is 2. The highest BCUT2D eigenvalue weighted by molar-refractivity contribution is 6.30. The molecule has 1 atom stereocenters. The highest BCUT2D eigenvalue weighted by atomic mass is 35.5. The Morgan fingerprint density at radius 1 is 0.952 bits per heavy atom. The molecule has 0 aliphatic carbocycles. The van der Waals surface area contributed by atoms with Gasteiger partial charge >= 0.3 is 0 Å². The lowest BCUT2D eigenvalue weighted by Crippen LogP contribution is -2.35. The van der Waals surface area contributed by atoms with Crippen molar-refractivity contribution < 1.29 is 0 Å². The Morgan fingerprint density at radius 3 is 2.48 bits per heavy atom. The van der Waals surface area contributed by atoms with E-state index < -0.39 is 0 Å². The zero-order valence-corrected chi connectivity index (χ0v) is 13.1. The molecule has 110 valence electrons. The molecule has 1 aliphatic rings. The van der Waals surface area contributed by atoms with Crippen molar-refractivity contribution in [3.8, 4) is 0 Å². The molecule has 1 fully saturated rings. The molecule has 0 saturated carbocycles. The third-order valence-electron chi connectivity index (χ3n) is 4.29. The zero-order valence-electron chi connectivity index (χ0n) is 12.3. The summed E-state index contributed by atoms with van der Waals surface area (Å²) in [7, 11) is 0. The van der Waals surface area contributed by atoms with Gasteiger partial charge in [0.2, 0.25) is 0 Å². The van der Waals surface area contributed by atoms with Crippen LogP contribution in [-0.2, 0) is 13.0 Å². The summed E-state index contributed by atoms with van der Waals surface area (Å²) >= 11 is 5.96. The van der Waals surface area contributed by atoms with Crippen LogP contribution in [0.2, 0.25) is 5.02 Å². The van der Waals surface area contributed by atoms with Gasteiger partial charge in [-0.15, -0.1) is 0 Å². The van der Waals surface area contributed by atoms with Gasteiger partial charge in [-0.05, 0) is 55.0 Å². The van der Waals surface area contributed by atoms with E-state index in [9.17, 15) is 0 Å². The van der Waals surface area contributed by atoms with Crippen molar-refractivity contribution in [2.75, 3.05) is 13.1 Å². The van der Waals surface area contributed by atoms with Crippen LogP contribution in [0.25, 0.3) is 0 Å². The van der Waals surface area contributed by atoms with Crippen LogP contribution in [0.5, 0.6) is 0 Å². The fourth-order valence-corrected chi connectivity index (χ4v) is 3.38. The first-order valence-corrected chi connectivity index (χ1v) is 8.18. The van der Waals surface area contributed by atoms with Crippen LogP contribution in [0.3, 0.4) is 0 Å². The van der Waals surface area contributed by atoms with Crippen molar-refractivity contribution in [1.82, 2.24) is 4.90 Å². The Balaban J connectivity index is 1.57. The molecule has 0 amide bonds. The van der Waals surface area contributed by atoms with Gasteiger partial charge in [0.05, 0.1) is 0 Å². The number of hydrogen-bond acceptors (Lipinski definition) is 1. The fraction of sp³-hybridized carbons (Fsp3) is 0.368. The molecule has 1 heterocycles. The van der Waals surface area contributed by atoms with E-state index >= 15 is 0 Å². The van der Waals surface area contributed by atoms with E-state index in [-0.39, 0.29) is 0 Å². The highest BCUT2D eigenvalue weighted by Gasteiger charge is 2.20. The van der Waals surface area contributed by atoms with E-state index in [2.05, 4.69) is 47.4 Å². The smallest absolute Gasteiger partial charge is 0.0406 e. The molecule has 0 bridgehead atoms. The summed E-state index contributed by atoms with van der Waals surface area (Å²) in [6, 6.07) is 19.1. The Labute approximate surface area is 132 Å². The average molecular weight is 300 g/mol. The third-order valence-corrected chi connectivity index (χ3v) is 4.54. The first-order chi connectivity index (χ1) is 10.3. The van der Waals surface area contributed by atoms with E-state index in [1.54, 1.807) is 0 Å². The van der Waals surface area contributed by atoms with Crippen LogP contribution < -0.4 is 0 Å². The van der Waals surface area contributed by atoms with Crippen LogP contribution in [0.4, 0.5) is 0 Å². The second-order valence-corrected chi connectivity index (χ2v) is 6.50. The normalized spacial score (nSPS) is 19.6. The van der Waals surface area contributed by atoms with Crippen molar-refractivity contribution in [2.24, 2.45) is 5.92 Å². The van der Waals surface area contributed by atoms with Crippen LogP contribution in [0.1, 0.15) is 24.0 Å². The molecule has 1 aliphatic heterocycles. The van der Waals surface area contributed by atoms with Crippen LogP contribution in [0.15, 0.2) is 54.6 Å². The maximum absolute atomic E-state index is 5.96. The minimum Gasteiger partial charge on any atom is -0.299 e. The van der Waals surface area contributed by atoms with Crippen LogP contribution in [-0.4, -0.2) is 18.0 Å². The second-order valence-electron chi connectivity index (χ2n) is 6.06. The molecule has 1 saturated heterocycles. The van der Waals surface area contributed by atoms with Crippen molar-refractivity contribution in [2.45, 2.75) is 25.8 Å². The molecule has 2 heteroatoms. The number of halogens is 1. The molecule has 1 unspecified atom stereocenters.